The highest BCUT2D eigenvalue weighted by molar-refractivity contribution is 5.80. The Balaban J connectivity index is 1.71. The van der Waals surface area contributed by atoms with Gasteiger partial charge in [0.05, 0.1) is 20.3 Å². The van der Waals surface area contributed by atoms with Gasteiger partial charge in [-0.15, -0.1) is 0 Å². The molecule has 29 heavy (non-hydrogen) atoms. The van der Waals surface area contributed by atoms with Gasteiger partial charge in [-0.05, 0) is 49.3 Å². The van der Waals surface area contributed by atoms with Gasteiger partial charge in [-0.3, -0.25) is 4.99 Å². The Morgan fingerprint density at radius 3 is 2.34 bits per heavy atom. The van der Waals surface area contributed by atoms with Crippen LogP contribution in [-0.4, -0.2) is 64.2 Å². The Hall–Kier alpha value is -2.73. The zero-order valence-corrected chi connectivity index (χ0v) is 18.1. The predicted molar refractivity (Wildman–Crippen MR) is 118 cm³/mol. The van der Waals surface area contributed by atoms with Crippen LogP contribution in [0.25, 0.3) is 0 Å². The fourth-order valence-electron chi connectivity index (χ4n) is 3.86. The van der Waals surface area contributed by atoms with Crippen molar-refractivity contribution >= 4 is 5.96 Å². The summed E-state index contributed by atoms with van der Waals surface area (Å²) in [5.74, 6) is 2.49. The molecule has 0 saturated heterocycles. The molecule has 2 aromatic rings. The number of nitrogens with zero attached hydrogens (tertiary/aromatic N) is 3. The summed E-state index contributed by atoms with van der Waals surface area (Å²) in [6.07, 6.45) is 0.951. The summed E-state index contributed by atoms with van der Waals surface area (Å²) in [6, 6.07) is 15.0. The van der Waals surface area contributed by atoms with Gasteiger partial charge in [-0.25, -0.2) is 0 Å². The van der Waals surface area contributed by atoms with E-state index in [0.717, 1.165) is 43.5 Å². The minimum absolute atomic E-state index is 0.273. The minimum Gasteiger partial charge on any atom is -0.493 e. The maximum absolute atomic E-state index is 5.48. The van der Waals surface area contributed by atoms with Crippen LogP contribution in [0, 0.1) is 0 Å². The molecule has 0 bridgehead atoms. The first-order chi connectivity index (χ1) is 14.1. The van der Waals surface area contributed by atoms with Gasteiger partial charge in [-0.1, -0.05) is 30.3 Å². The lowest BCUT2D eigenvalue weighted by molar-refractivity contribution is 0.292. The molecule has 1 N–H and O–H groups in total. The summed E-state index contributed by atoms with van der Waals surface area (Å²) >= 11 is 0. The molecule has 0 aliphatic carbocycles. The molecule has 1 unspecified atom stereocenters. The lowest BCUT2D eigenvalue weighted by Gasteiger charge is -2.33. The molecule has 0 amide bonds. The van der Waals surface area contributed by atoms with E-state index in [-0.39, 0.29) is 6.04 Å². The minimum atomic E-state index is 0.273. The molecule has 156 valence electrons. The van der Waals surface area contributed by atoms with Crippen LogP contribution in [0.1, 0.15) is 22.7 Å². The van der Waals surface area contributed by atoms with Crippen LogP contribution >= 0.6 is 0 Å². The van der Waals surface area contributed by atoms with Gasteiger partial charge in [0, 0.05) is 26.7 Å². The van der Waals surface area contributed by atoms with Gasteiger partial charge in [-0.2, -0.15) is 0 Å². The highest BCUT2D eigenvalue weighted by atomic mass is 16.5. The number of aliphatic imine (C=N–C) groups is 1. The van der Waals surface area contributed by atoms with Crippen molar-refractivity contribution in [1.82, 2.24) is 15.1 Å². The third-order valence-corrected chi connectivity index (χ3v) is 5.49. The number of hydrogen-bond donors (Lipinski definition) is 1. The Morgan fingerprint density at radius 2 is 1.76 bits per heavy atom. The van der Waals surface area contributed by atoms with Gasteiger partial charge in [0.15, 0.2) is 17.5 Å². The molecule has 3 rings (SSSR count). The van der Waals surface area contributed by atoms with Gasteiger partial charge in [0.25, 0.3) is 0 Å². The zero-order chi connectivity index (χ0) is 20.8. The highest BCUT2D eigenvalue weighted by Gasteiger charge is 2.23. The van der Waals surface area contributed by atoms with Crippen LogP contribution in [0.3, 0.4) is 0 Å². The van der Waals surface area contributed by atoms with Crippen molar-refractivity contribution < 1.29 is 9.47 Å². The van der Waals surface area contributed by atoms with Crippen LogP contribution in [-0.2, 0) is 13.0 Å². The second-order valence-corrected chi connectivity index (χ2v) is 7.47. The highest BCUT2D eigenvalue weighted by Crippen LogP contribution is 2.33. The van der Waals surface area contributed by atoms with Crippen molar-refractivity contribution in [2.45, 2.75) is 19.0 Å². The lowest BCUT2D eigenvalue weighted by Crippen LogP contribution is -2.46. The monoisotopic (exact) mass is 396 g/mol. The molecule has 0 spiro atoms. The van der Waals surface area contributed by atoms with E-state index in [4.69, 9.17) is 9.47 Å². The van der Waals surface area contributed by atoms with E-state index < -0.39 is 0 Å². The molecular weight excluding hydrogens is 364 g/mol. The third-order valence-electron chi connectivity index (χ3n) is 5.49. The van der Waals surface area contributed by atoms with Crippen molar-refractivity contribution in [2.75, 3.05) is 48.5 Å². The van der Waals surface area contributed by atoms with E-state index in [0.29, 0.717) is 0 Å². The maximum atomic E-state index is 5.48. The number of nitrogens with one attached hydrogen (secondary N) is 1. The first-order valence-electron chi connectivity index (χ1n) is 9.98. The number of guanidine groups is 1. The maximum Gasteiger partial charge on any atom is 0.194 e. The zero-order valence-electron chi connectivity index (χ0n) is 18.1. The number of methoxy groups -OCH3 is 2. The summed E-state index contributed by atoms with van der Waals surface area (Å²) in [4.78, 5) is 9.07. The van der Waals surface area contributed by atoms with Crippen LogP contribution in [0.4, 0.5) is 0 Å². The first kappa shape index (κ1) is 21.0. The normalized spacial score (nSPS) is 15.1. The van der Waals surface area contributed by atoms with Crippen molar-refractivity contribution in [2.24, 2.45) is 4.99 Å². The summed E-state index contributed by atoms with van der Waals surface area (Å²) in [5, 5.41) is 3.58. The largest absolute Gasteiger partial charge is 0.493 e. The quantitative estimate of drug-likeness (QED) is 0.601. The van der Waals surface area contributed by atoms with E-state index in [1.54, 1.807) is 14.2 Å². The fourth-order valence-corrected chi connectivity index (χ4v) is 3.86. The Labute approximate surface area is 174 Å². The molecule has 0 radical (unpaired) electrons. The van der Waals surface area contributed by atoms with Crippen molar-refractivity contribution in [3.8, 4) is 11.5 Å². The Morgan fingerprint density at radius 1 is 1.10 bits per heavy atom. The van der Waals surface area contributed by atoms with Crippen LogP contribution in [0.5, 0.6) is 11.5 Å². The van der Waals surface area contributed by atoms with Gasteiger partial charge < -0.3 is 24.6 Å². The number of ether oxygens (including phenoxy) is 2. The van der Waals surface area contributed by atoms with Gasteiger partial charge in [0.2, 0.25) is 0 Å². The Bertz CT molecular complexity index is 836. The van der Waals surface area contributed by atoms with Crippen LogP contribution in [0.2, 0.25) is 0 Å². The van der Waals surface area contributed by atoms with Crippen molar-refractivity contribution in [3.05, 3.63) is 59.2 Å². The van der Waals surface area contributed by atoms with Crippen LogP contribution < -0.4 is 14.8 Å². The van der Waals surface area contributed by atoms with E-state index in [1.807, 2.05) is 7.05 Å². The summed E-state index contributed by atoms with van der Waals surface area (Å²) < 4.78 is 10.9. The van der Waals surface area contributed by atoms with Gasteiger partial charge >= 0.3 is 0 Å². The summed E-state index contributed by atoms with van der Waals surface area (Å²) in [7, 11) is 9.42. The molecule has 1 heterocycles. The first-order valence-corrected chi connectivity index (χ1v) is 9.98. The lowest BCUT2D eigenvalue weighted by atomic mass is 9.99. The van der Waals surface area contributed by atoms with Crippen molar-refractivity contribution in [3.63, 3.8) is 0 Å². The number of likely N-dealkylation sites (N-methyl/N-ethyl adjacent to an activating group) is 1. The second-order valence-electron chi connectivity index (χ2n) is 7.47. The molecule has 0 aromatic heterocycles. The second kappa shape index (κ2) is 9.65. The third kappa shape index (κ3) is 4.82. The number of hydrogen-bond acceptors (Lipinski definition) is 4. The standard InChI is InChI=1S/C23H32N4O2/c1-24-23(25-15-20(26(2)3)17-9-7-6-8-10-17)27-12-11-18-13-21(28-4)22(29-5)14-19(18)16-27/h6-10,13-14,20H,11-12,15-16H2,1-5H3,(H,24,25). The Kier molecular flexibility index (Phi) is 6.99. The van der Waals surface area contributed by atoms with E-state index in [1.165, 1.54) is 16.7 Å². The summed E-state index contributed by atoms with van der Waals surface area (Å²) in [5.41, 5.74) is 3.86. The topological polar surface area (TPSA) is 49.3 Å². The molecule has 6 nitrogen and oxygen atoms in total. The van der Waals surface area contributed by atoms with Crippen molar-refractivity contribution in [1.29, 1.82) is 0 Å². The molecular formula is C23H32N4O2. The molecule has 0 fully saturated rings. The SMILES string of the molecule is CN=C(NCC(c1ccccc1)N(C)C)N1CCc2cc(OC)c(OC)cc2C1. The number of benzene rings is 2. The molecule has 1 atom stereocenters. The van der Waals surface area contributed by atoms with E-state index in [2.05, 4.69) is 76.7 Å². The van der Waals surface area contributed by atoms with Gasteiger partial charge in [0.1, 0.15) is 0 Å². The number of rotatable bonds is 6. The van der Waals surface area contributed by atoms with E-state index in [9.17, 15) is 0 Å². The number of fused-ring (bicyclic) bond motifs is 1. The predicted octanol–water partition coefficient (Wildman–Crippen LogP) is 2.94. The molecule has 0 saturated carbocycles. The fraction of sp³-hybridized carbons (Fsp3) is 0.435. The average Bonchev–Trinajstić information content (AvgIpc) is 2.75. The summed E-state index contributed by atoms with van der Waals surface area (Å²) in [6.45, 7) is 2.51. The average molecular weight is 397 g/mol. The van der Waals surface area contributed by atoms with E-state index >= 15 is 0 Å². The molecule has 2 aromatic carbocycles. The molecule has 1 aliphatic heterocycles. The smallest absolute Gasteiger partial charge is 0.194 e. The molecule has 6 heteroatoms. The molecule has 1 aliphatic rings. The van der Waals surface area contributed by atoms with Crippen LogP contribution in [0.15, 0.2) is 47.5 Å².